The van der Waals surface area contributed by atoms with E-state index in [1.165, 1.54) is 6.07 Å². The Labute approximate surface area is 116 Å². The Morgan fingerprint density at radius 1 is 1.40 bits per heavy atom. The molecule has 0 radical (unpaired) electrons. The van der Waals surface area contributed by atoms with Crippen molar-refractivity contribution in [2.24, 2.45) is 0 Å². The van der Waals surface area contributed by atoms with Gasteiger partial charge in [-0.2, -0.15) is 0 Å². The van der Waals surface area contributed by atoms with Gasteiger partial charge in [0.05, 0.1) is 24.5 Å². The average Bonchev–Trinajstić information content (AvgIpc) is 2.89. The summed E-state index contributed by atoms with van der Waals surface area (Å²) in [6.45, 7) is 4.38. The number of fused-ring (bicyclic) bond motifs is 1. The molecule has 3 rings (SSSR count). The standard InChI is InChI=1S/C13H16FN5O/c1-2-20-12-6-11(10(15)5-9(12)14)18-3-4-19-8-16-17-13(19)7-18/h5-6,8H,2-4,7,15H2,1H3. The normalized spacial score (nSPS) is 14.2. The van der Waals surface area contributed by atoms with Crippen LogP contribution < -0.4 is 15.4 Å². The quantitative estimate of drug-likeness (QED) is 0.859. The minimum Gasteiger partial charge on any atom is -0.491 e. The second kappa shape index (κ2) is 4.99. The van der Waals surface area contributed by atoms with Crippen LogP contribution in [0.1, 0.15) is 12.7 Å². The number of hydrogen-bond donors (Lipinski definition) is 1. The van der Waals surface area contributed by atoms with Crippen molar-refractivity contribution in [1.82, 2.24) is 14.8 Å². The molecular formula is C13H16FN5O. The number of ether oxygens (including phenoxy) is 1. The molecule has 0 spiro atoms. The topological polar surface area (TPSA) is 69.2 Å². The maximum atomic E-state index is 13.7. The van der Waals surface area contributed by atoms with E-state index in [1.54, 1.807) is 12.4 Å². The molecule has 0 bridgehead atoms. The average molecular weight is 277 g/mol. The van der Waals surface area contributed by atoms with Gasteiger partial charge in [-0.3, -0.25) is 0 Å². The summed E-state index contributed by atoms with van der Waals surface area (Å²) in [5.74, 6) is 0.662. The summed E-state index contributed by atoms with van der Waals surface area (Å²) < 4.78 is 21.0. The van der Waals surface area contributed by atoms with Gasteiger partial charge in [-0.25, -0.2) is 4.39 Å². The molecule has 1 aliphatic heterocycles. The van der Waals surface area contributed by atoms with Crippen LogP contribution in [0.4, 0.5) is 15.8 Å². The molecule has 0 unspecified atom stereocenters. The van der Waals surface area contributed by atoms with Crippen LogP contribution in [0.5, 0.6) is 5.75 Å². The first-order valence-corrected chi connectivity index (χ1v) is 6.52. The van der Waals surface area contributed by atoms with Crippen LogP contribution >= 0.6 is 0 Å². The third-order valence-electron chi connectivity index (χ3n) is 3.36. The predicted molar refractivity (Wildman–Crippen MR) is 73.1 cm³/mol. The van der Waals surface area contributed by atoms with Gasteiger partial charge in [0.15, 0.2) is 17.4 Å². The zero-order valence-electron chi connectivity index (χ0n) is 11.2. The Balaban J connectivity index is 1.92. The molecule has 0 saturated heterocycles. The number of anilines is 2. The number of nitrogens with two attached hydrogens (primary N) is 1. The first kappa shape index (κ1) is 12.7. The lowest BCUT2D eigenvalue weighted by molar-refractivity contribution is 0.321. The molecule has 0 saturated carbocycles. The number of aromatic nitrogens is 3. The van der Waals surface area contributed by atoms with Crippen LogP contribution in [0, 0.1) is 5.82 Å². The fourth-order valence-corrected chi connectivity index (χ4v) is 2.37. The first-order valence-electron chi connectivity index (χ1n) is 6.52. The van der Waals surface area contributed by atoms with E-state index < -0.39 is 5.82 Å². The smallest absolute Gasteiger partial charge is 0.167 e. The van der Waals surface area contributed by atoms with Crippen molar-refractivity contribution in [2.45, 2.75) is 20.0 Å². The van der Waals surface area contributed by atoms with Crippen LogP contribution in [0.25, 0.3) is 0 Å². The summed E-state index contributed by atoms with van der Waals surface area (Å²) in [5.41, 5.74) is 7.10. The molecule has 2 heterocycles. The fourth-order valence-electron chi connectivity index (χ4n) is 2.37. The number of nitrogens with zero attached hydrogens (tertiary/aromatic N) is 4. The molecule has 1 aromatic carbocycles. The number of benzene rings is 1. The Bertz CT molecular complexity index is 627. The Hall–Kier alpha value is -2.31. The maximum absolute atomic E-state index is 13.7. The molecule has 106 valence electrons. The highest BCUT2D eigenvalue weighted by Gasteiger charge is 2.21. The van der Waals surface area contributed by atoms with Gasteiger partial charge in [-0.05, 0) is 6.92 Å². The van der Waals surface area contributed by atoms with Crippen LogP contribution in [0.15, 0.2) is 18.5 Å². The van der Waals surface area contributed by atoms with Crippen molar-refractivity contribution in [3.05, 3.63) is 30.1 Å². The molecular weight excluding hydrogens is 261 g/mol. The molecule has 0 atom stereocenters. The highest BCUT2D eigenvalue weighted by molar-refractivity contribution is 5.70. The number of halogens is 1. The Kier molecular flexibility index (Phi) is 3.17. The lowest BCUT2D eigenvalue weighted by atomic mass is 10.2. The van der Waals surface area contributed by atoms with E-state index in [2.05, 4.69) is 15.1 Å². The summed E-state index contributed by atoms with van der Waals surface area (Å²) in [7, 11) is 0. The summed E-state index contributed by atoms with van der Waals surface area (Å²) in [4.78, 5) is 2.06. The second-order valence-corrected chi connectivity index (χ2v) is 4.64. The fraction of sp³-hybridized carbons (Fsp3) is 0.385. The predicted octanol–water partition coefficient (Wildman–Crippen LogP) is 1.42. The van der Waals surface area contributed by atoms with Crippen LogP contribution in [0.2, 0.25) is 0 Å². The van der Waals surface area contributed by atoms with Crippen LogP contribution in [-0.4, -0.2) is 27.9 Å². The minimum absolute atomic E-state index is 0.226. The van der Waals surface area contributed by atoms with Crippen LogP contribution in [0.3, 0.4) is 0 Å². The first-order chi connectivity index (χ1) is 9.69. The van der Waals surface area contributed by atoms with E-state index in [0.717, 1.165) is 24.6 Å². The van der Waals surface area contributed by atoms with Crippen molar-refractivity contribution in [3.8, 4) is 5.75 Å². The molecule has 1 aliphatic rings. The molecule has 0 fully saturated rings. The zero-order valence-corrected chi connectivity index (χ0v) is 11.2. The highest BCUT2D eigenvalue weighted by Crippen LogP contribution is 2.32. The van der Waals surface area contributed by atoms with Crippen molar-refractivity contribution in [3.63, 3.8) is 0 Å². The van der Waals surface area contributed by atoms with Crippen molar-refractivity contribution >= 4 is 11.4 Å². The molecule has 6 nitrogen and oxygen atoms in total. The van der Waals surface area contributed by atoms with Gasteiger partial charge in [0.1, 0.15) is 6.33 Å². The van der Waals surface area contributed by atoms with Crippen molar-refractivity contribution in [1.29, 1.82) is 0 Å². The van der Waals surface area contributed by atoms with E-state index in [0.29, 0.717) is 18.8 Å². The van der Waals surface area contributed by atoms with Gasteiger partial charge in [-0.15, -0.1) is 10.2 Å². The summed E-state index contributed by atoms with van der Waals surface area (Å²) in [5, 5.41) is 7.95. The lowest BCUT2D eigenvalue weighted by Gasteiger charge is -2.30. The summed E-state index contributed by atoms with van der Waals surface area (Å²) >= 11 is 0. The van der Waals surface area contributed by atoms with Crippen molar-refractivity contribution < 1.29 is 9.13 Å². The number of nitrogen functional groups attached to an aromatic ring is 1. The van der Waals surface area contributed by atoms with Gasteiger partial charge in [-0.1, -0.05) is 0 Å². The third kappa shape index (κ3) is 2.15. The largest absolute Gasteiger partial charge is 0.491 e. The molecule has 0 amide bonds. The molecule has 7 heteroatoms. The minimum atomic E-state index is -0.437. The van der Waals surface area contributed by atoms with Gasteiger partial charge < -0.3 is 19.9 Å². The third-order valence-corrected chi connectivity index (χ3v) is 3.36. The Morgan fingerprint density at radius 2 is 2.25 bits per heavy atom. The van der Waals surface area contributed by atoms with E-state index >= 15 is 0 Å². The number of rotatable bonds is 3. The van der Waals surface area contributed by atoms with Gasteiger partial charge in [0, 0.05) is 25.2 Å². The SMILES string of the molecule is CCOc1cc(N2CCn3cnnc3C2)c(N)cc1F. The molecule has 2 N–H and O–H groups in total. The van der Waals surface area contributed by atoms with E-state index in [9.17, 15) is 4.39 Å². The summed E-state index contributed by atoms with van der Waals surface area (Å²) in [6.07, 6.45) is 1.71. The summed E-state index contributed by atoms with van der Waals surface area (Å²) in [6, 6.07) is 2.96. The van der Waals surface area contributed by atoms with Crippen LogP contribution in [-0.2, 0) is 13.1 Å². The van der Waals surface area contributed by atoms with Gasteiger partial charge in [0.25, 0.3) is 0 Å². The Morgan fingerprint density at radius 3 is 3.05 bits per heavy atom. The van der Waals surface area contributed by atoms with Gasteiger partial charge in [0.2, 0.25) is 0 Å². The molecule has 2 aromatic rings. The van der Waals surface area contributed by atoms with E-state index in [4.69, 9.17) is 10.5 Å². The zero-order chi connectivity index (χ0) is 14.1. The second-order valence-electron chi connectivity index (χ2n) is 4.64. The lowest BCUT2D eigenvalue weighted by Crippen LogP contribution is -2.34. The van der Waals surface area contributed by atoms with E-state index in [-0.39, 0.29) is 5.75 Å². The monoisotopic (exact) mass is 277 g/mol. The highest BCUT2D eigenvalue weighted by atomic mass is 19.1. The van der Waals surface area contributed by atoms with Crippen molar-refractivity contribution in [2.75, 3.05) is 23.8 Å². The molecule has 1 aromatic heterocycles. The number of hydrogen-bond acceptors (Lipinski definition) is 5. The van der Waals surface area contributed by atoms with E-state index in [1.807, 2.05) is 11.5 Å². The molecule has 20 heavy (non-hydrogen) atoms. The maximum Gasteiger partial charge on any atom is 0.167 e. The van der Waals surface area contributed by atoms with Gasteiger partial charge >= 0.3 is 0 Å². The molecule has 0 aliphatic carbocycles.